The number of likely N-dealkylation sites (tertiary alicyclic amines) is 1. The molecule has 0 amide bonds. The van der Waals surface area contributed by atoms with Crippen LogP contribution in [0.4, 0.5) is 5.69 Å². The molecule has 1 saturated heterocycles. The Bertz CT molecular complexity index is 995. The molecule has 152 valence electrons. The molecule has 0 spiro atoms. The summed E-state index contributed by atoms with van der Waals surface area (Å²) >= 11 is 0. The van der Waals surface area contributed by atoms with Crippen LogP contribution in [0.5, 0.6) is 11.5 Å². The predicted octanol–water partition coefficient (Wildman–Crippen LogP) is 3.84. The highest BCUT2D eigenvalue weighted by atomic mass is 16.6. The number of aromatic nitrogens is 2. The minimum Gasteiger partial charge on any atom is -0.490 e. The number of nitro benzene ring substituents is 1. The van der Waals surface area contributed by atoms with Gasteiger partial charge in [-0.1, -0.05) is 12.1 Å². The zero-order valence-electron chi connectivity index (χ0n) is 16.4. The number of ether oxygens (including phenoxy) is 2. The quantitative estimate of drug-likeness (QED) is 0.446. The maximum absolute atomic E-state index is 10.9. The first-order valence-corrected chi connectivity index (χ1v) is 9.85. The van der Waals surface area contributed by atoms with Crippen LogP contribution in [0.25, 0.3) is 10.9 Å². The predicted molar refractivity (Wildman–Crippen MR) is 109 cm³/mol. The van der Waals surface area contributed by atoms with Crippen LogP contribution >= 0.6 is 0 Å². The molecule has 1 aliphatic rings. The van der Waals surface area contributed by atoms with Crippen molar-refractivity contribution in [2.24, 2.45) is 0 Å². The molecule has 0 radical (unpaired) electrons. The lowest BCUT2D eigenvalue weighted by Crippen LogP contribution is -2.39. The van der Waals surface area contributed by atoms with Gasteiger partial charge in [0.25, 0.3) is 5.69 Å². The summed E-state index contributed by atoms with van der Waals surface area (Å²) in [6, 6.07) is 12.6. The third-order valence-corrected chi connectivity index (χ3v) is 5.15. The van der Waals surface area contributed by atoms with Crippen LogP contribution in [-0.4, -0.2) is 45.4 Å². The van der Waals surface area contributed by atoms with E-state index in [4.69, 9.17) is 9.47 Å². The van der Waals surface area contributed by atoms with Crippen molar-refractivity contribution in [3.63, 3.8) is 0 Å². The molecule has 1 aromatic heterocycles. The first-order valence-electron chi connectivity index (χ1n) is 9.85. The van der Waals surface area contributed by atoms with Crippen molar-refractivity contribution in [3.05, 3.63) is 58.8 Å². The average molecular weight is 396 g/mol. The monoisotopic (exact) mass is 396 g/mol. The Morgan fingerprint density at radius 1 is 1.17 bits per heavy atom. The Hall–Kier alpha value is -3.13. The van der Waals surface area contributed by atoms with Gasteiger partial charge in [-0.3, -0.25) is 19.7 Å². The van der Waals surface area contributed by atoms with Gasteiger partial charge in [0.05, 0.1) is 29.9 Å². The summed E-state index contributed by atoms with van der Waals surface area (Å²) < 4.78 is 13.7. The van der Waals surface area contributed by atoms with Crippen LogP contribution in [0.1, 0.15) is 19.8 Å². The van der Waals surface area contributed by atoms with Crippen molar-refractivity contribution >= 4 is 16.6 Å². The van der Waals surface area contributed by atoms with E-state index < -0.39 is 0 Å². The molecule has 0 unspecified atom stereocenters. The van der Waals surface area contributed by atoms with Crippen LogP contribution in [-0.2, 0) is 6.67 Å². The number of rotatable bonds is 7. The number of benzene rings is 2. The summed E-state index contributed by atoms with van der Waals surface area (Å²) in [5.74, 6) is 1.59. The molecule has 2 heterocycles. The van der Waals surface area contributed by atoms with Crippen LogP contribution in [0, 0.1) is 10.1 Å². The number of non-ortho nitro benzene ring substituents is 1. The first-order chi connectivity index (χ1) is 14.1. The Morgan fingerprint density at radius 3 is 2.66 bits per heavy atom. The van der Waals surface area contributed by atoms with E-state index in [1.165, 1.54) is 6.07 Å². The lowest BCUT2D eigenvalue weighted by molar-refractivity contribution is -0.384. The number of piperidine rings is 1. The molecule has 0 aliphatic carbocycles. The van der Waals surface area contributed by atoms with Gasteiger partial charge in [-0.2, -0.15) is 5.10 Å². The molecule has 1 aliphatic heterocycles. The molecule has 0 bridgehead atoms. The van der Waals surface area contributed by atoms with Gasteiger partial charge in [0.1, 0.15) is 6.10 Å². The second-order valence-corrected chi connectivity index (χ2v) is 7.10. The smallest absolute Gasteiger partial charge is 0.270 e. The molecule has 0 saturated carbocycles. The van der Waals surface area contributed by atoms with E-state index in [2.05, 4.69) is 10.00 Å². The molecule has 8 heteroatoms. The number of para-hydroxylation sites is 2. The van der Waals surface area contributed by atoms with Crippen LogP contribution in [0.3, 0.4) is 0 Å². The second-order valence-electron chi connectivity index (χ2n) is 7.10. The Morgan fingerprint density at radius 2 is 1.93 bits per heavy atom. The summed E-state index contributed by atoms with van der Waals surface area (Å²) in [4.78, 5) is 12.9. The Balaban J connectivity index is 1.36. The van der Waals surface area contributed by atoms with E-state index in [9.17, 15) is 10.1 Å². The zero-order chi connectivity index (χ0) is 20.2. The van der Waals surface area contributed by atoms with Gasteiger partial charge in [0.15, 0.2) is 11.5 Å². The number of nitrogens with zero attached hydrogens (tertiary/aromatic N) is 4. The van der Waals surface area contributed by atoms with Gasteiger partial charge in [0.2, 0.25) is 0 Å². The number of hydrogen-bond donors (Lipinski definition) is 0. The minimum atomic E-state index is -0.384. The van der Waals surface area contributed by atoms with Crippen molar-refractivity contribution in [1.82, 2.24) is 14.7 Å². The lowest BCUT2D eigenvalue weighted by atomic mass is 10.1. The molecule has 0 N–H and O–H groups in total. The van der Waals surface area contributed by atoms with E-state index >= 15 is 0 Å². The van der Waals surface area contributed by atoms with Crippen molar-refractivity contribution in [3.8, 4) is 11.5 Å². The average Bonchev–Trinajstić information content (AvgIpc) is 3.13. The van der Waals surface area contributed by atoms with Crippen molar-refractivity contribution < 1.29 is 14.4 Å². The summed E-state index contributed by atoms with van der Waals surface area (Å²) in [5.41, 5.74) is 0.988. The van der Waals surface area contributed by atoms with E-state index in [-0.39, 0.29) is 16.7 Å². The van der Waals surface area contributed by atoms with E-state index in [0.717, 1.165) is 48.3 Å². The van der Waals surface area contributed by atoms with Crippen molar-refractivity contribution in [2.75, 3.05) is 19.7 Å². The first kappa shape index (κ1) is 19.2. The van der Waals surface area contributed by atoms with Gasteiger partial charge in [-0.25, -0.2) is 0 Å². The highest BCUT2D eigenvalue weighted by molar-refractivity contribution is 5.81. The zero-order valence-corrected chi connectivity index (χ0v) is 16.4. The third kappa shape index (κ3) is 4.32. The molecular formula is C21H24N4O4. The van der Waals surface area contributed by atoms with Crippen molar-refractivity contribution in [2.45, 2.75) is 32.5 Å². The highest BCUT2D eigenvalue weighted by Gasteiger charge is 2.22. The van der Waals surface area contributed by atoms with Gasteiger partial charge in [0, 0.05) is 30.6 Å². The Labute approximate surface area is 168 Å². The summed E-state index contributed by atoms with van der Waals surface area (Å²) in [6.07, 6.45) is 3.68. The summed E-state index contributed by atoms with van der Waals surface area (Å²) in [7, 11) is 0. The van der Waals surface area contributed by atoms with Gasteiger partial charge in [-0.05, 0) is 38.0 Å². The molecule has 4 rings (SSSR count). The second kappa shape index (κ2) is 8.48. The third-order valence-electron chi connectivity index (χ3n) is 5.15. The maximum atomic E-state index is 10.9. The van der Waals surface area contributed by atoms with E-state index in [1.807, 2.05) is 35.9 Å². The molecule has 0 atom stereocenters. The van der Waals surface area contributed by atoms with Crippen molar-refractivity contribution in [1.29, 1.82) is 0 Å². The van der Waals surface area contributed by atoms with Gasteiger partial charge in [-0.15, -0.1) is 0 Å². The molecule has 2 aromatic carbocycles. The minimum absolute atomic E-state index is 0.0855. The molecule has 1 fully saturated rings. The largest absolute Gasteiger partial charge is 0.490 e. The Kier molecular flexibility index (Phi) is 5.62. The van der Waals surface area contributed by atoms with Crippen LogP contribution in [0.2, 0.25) is 0 Å². The molecular weight excluding hydrogens is 372 g/mol. The molecule has 3 aromatic rings. The summed E-state index contributed by atoms with van der Waals surface area (Å²) in [5, 5.41) is 16.1. The normalized spacial score (nSPS) is 15.5. The van der Waals surface area contributed by atoms with Gasteiger partial charge < -0.3 is 9.47 Å². The lowest BCUT2D eigenvalue weighted by Gasteiger charge is -2.32. The summed E-state index contributed by atoms with van der Waals surface area (Å²) in [6.45, 7) is 5.03. The fourth-order valence-corrected chi connectivity index (χ4v) is 3.66. The maximum Gasteiger partial charge on any atom is 0.270 e. The number of hydrogen-bond acceptors (Lipinski definition) is 6. The highest BCUT2D eigenvalue weighted by Crippen LogP contribution is 2.29. The fourth-order valence-electron chi connectivity index (χ4n) is 3.66. The topological polar surface area (TPSA) is 82.7 Å². The standard InChI is InChI=1S/C21H24N4O4/c1-2-28-20-5-3-4-6-21(20)29-18-9-11-23(12-10-18)15-24-19-8-7-17(25(26)27)13-16(19)14-22-24/h3-8,13-14,18H,2,9-12,15H2,1H3. The molecule has 8 nitrogen and oxygen atoms in total. The number of nitro groups is 1. The van der Waals surface area contributed by atoms with E-state index in [1.54, 1.807) is 18.3 Å². The number of fused-ring (bicyclic) bond motifs is 1. The fraction of sp³-hybridized carbons (Fsp3) is 0.381. The molecule has 29 heavy (non-hydrogen) atoms. The van der Waals surface area contributed by atoms with Crippen LogP contribution in [0.15, 0.2) is 48.7 Å². The SMILES string of the molecule is CCOc1ccccc1OC1CCN(Cn2ncc3cc([N+](=O)[O-])ccc32)CC1. The van der Waals surface area contributed by atoms with Crippen LogP contribution < -0.4 is 9.47 Å². The van der Waals surface area contributed by atoms with Gasteiger partial charge >= 0.3 is 0 Å². The van der Waals surface area contributed by atoms with E-state index in [0.29, 0.717) is 13.3 Å².